The Morgan fingerprint density at radius 1 is 1.62 bits per heavy atom. The van der Waals surface area contributed by atoms with Crippen molar-refractivity contribution in [1.82, 2.24) is 15.2 Å². The van der Waals surface area contributed by atoms with Gasteiger partial charge in [-0.1, -0.05) is 0 Å². The fourth-order valence-corrected chi connectivity index (χ4v) is 0.931. The molecule has 0 saturated carbocycles. The predicted molar refractivity (Wildman–Crippen MR) is 50.0 cm³/mol. The molecule has 0 spiro atoms. The highest BCUT2D eigenvalue weighted by molar-refractivity contribution is 6.28. The lowest BCUT2D eigenvalue weighted by molar-refractivity contribution is 0.206. The highest BCUT2D eigenvalue weighted by Crippen LogP contribution is 2.07. The number of methoxy groups -OCH3 is 1. The molecule has 0 aromatic carbocycles. The molecule has 0 unspecified atom stereocenters. The van der Waals surface area contributed by atoms with Crippen LogP contribution in [-0.4, -0.2) is 42.5 Å². The number of aromatic nitrogens is 3. The largest absolute Gasteiger partial charge is 0.383 e. The fraction of sp³-hybridized carbons (Fsp3) is 0.571. The van der Waals surface area contributed by atoms with Crippen LogP contribution in [0.5, 0.6) is 0 Å². The number of nitrogens with zero attached hydrogens (tertiary/aromatic N) is 4. The highest BCUT2D eigenvalue weighted by Gasteiger charge is 2.03. The van der Waals surface area contributed by atoms with Gasteiger partial charge in [0.2, 0.25) is 5.28 Å². The van der Waals surface area contributed by atoms with E-state index in [0.29, 0.717) is 12.4 Å². The SMILES string of the molecule is COCCN(C)c1cnnc(Cl)n1. The number of likely N-dealkylation sites (N-methyl/N-ethyl adjacent to an activating group) is 1. The Labute approximate surface area is 81.7 Å². The second-order valence-electron chi connectivity index (χ2n) is 2.50. The summed E-state index contributed by atoms with van der Waals surface area (Å²) in [6.07, 6.45) is 1.56. The smallest absolute Gasteiger partial charge is 0.244 e. The third kappa shape index (κ3) is 3.12. The van der Waals surface area contributed by atoms with E-state index < -0.39 is 0 Å². The zero-order valence-electron chi connectivity index (χ0n) is 7.57. The first-order chi connectivity index (χ1) is 6.24. The molecule has 1 rings (SSSR count). The topological polar surface area (TPSA) is 51.1 Å². The van der Waals surface area contributed by atoms with Gasteiger partial charge in [0.1, 0.15) is 0 Å². The van der Waals surface area contributed by atoms with Crippen molar-refractivity contribution in [2.75, 3.05) is 32.2 Å². The van der Waals surface area contributed by atoms with Crippen molar-refractivity contribution < 1.29 is 4.74 Å². The Balaban J connectivity index is 2.60. The van der Waals surface area contributed by atoms with Gasteiger partial charge in [0.25, 0.3) is 0 Å². The van der Waals surface area contributed by atoms with E-state index in [4.69, 9.17) is 16.3 Å². The summed E-state index contributed by atoms with van der Waals surface area (Å²) in [7, 11) is 3.54. The third-order valence-corrected chi connectivity index (χ3v) is 1.70. The van der Waals surface area contributed by atoms with Crippen LogP contribution in [0.4, 0.5) is 5.82 Å². The molecule has 0 fully saturated rings. The quantitative estimate of drug-likeness (QED) is 0.716. The predicted octanol–water partition coefficient (Wildman–Crippen LogP) is 0.608. The normalized spacial score (nSPS) is 10.1. The van der Waals surface area contributed by atoms with Crippen molar-refractivity contribution in [3.63, 3.8) is 0 Å². The van der Waals surface area contributed by atoms with E-state index in [-0.39, 0.29) is 5.28 Å². The molecular formula is C7H11ClN4O. The monoisotopic (exact) mass is 202 g/mol. The summed E-state index contributed by atoms with van der Waals surface area (Å²) in [5.74, 6) is 0.692. The van der Waals surface area contributed by atoms with Gasteiger partial charge in [-0.15, -0.1) is 5.10 Å². The van der Waals surface area contributed by atoms with E-state index in [2.05, 4.69) is 15.2 Å². The average Bonchev–Trinajstić information content (AvgIpc) is 2.14. The van der Waals surface area contributed by atoms with E-state index >= 15 is 0 Å². The molecule has 1 aromatic heterocycles. The van der Waals surface area contributed by atoms with Gasteiger partial charge < -0.3 is 9.64 Å². The molecule has 13 heavy (non-hydrogen) atoms. The molecule has 72 valence electrons. The molecule has 0 aliphatic carbocycles. The first-order valence-electron chi connectivity index (χ1n) is 3.79. The molecular weight excluding hydrogens is 192 g/mol. The van der Waals surface area contributed by atoms with Crippen molar-refractivity contribution in [2.45, 2.75) is 0 Å². The summed E-state index contributed by atoms with van der Waals surface area (Å²) < 4.78 is 4.93. The summed E-state index contributed by atoms with van der Waals surface area (Å²) in [6.45, 7) is 1.38. The van der Waals surface area contributed by atoms with Crippen molar-refractivity contribution in [3.05, 3.63) is 11.5 Å². The number of rotatable bonds is 4. The maximum absolute atomic E-state index is 5.58. The van der Waals surface area contributed by atoms with Crippen molar-refractivity contribution in [3.8, 4) is 0 Å². The van der Waals surface area contributed by atoms with Gasteiger partial charge >= 0.3 is 0 Å². The maximum Gasteiger partial charge on any atom is 0.244 e. The Morgan fingerprint density at radius 3 is 3.00 bits per heavy atom. The number of halogens is 1. The number of anilines is 1. The van der Waals surface area contributed by atoms with Crippen LogP contribution in [0.25, 0.3) is 0 Å². The van der Waals surface area contributed by atoms with Crippen LogP contribution in [0.3, 0.4) is 0 Å². The standard InChI is InChI=1S/C7H11ClN4O/c1-12(3-4-13-2)6-5-9-11-7(8)10-6/h5H,3-4H2,1-2H3. The molecule has 1 heterocycles. The van der Waals surface area contributed by atoms with Crippen molar-refractivity contribution >= 4 is 17.4 Å². The lowest BCUT2D eigenvalue weighted by atomic mass is 10.5. The molecule has 5 nitrogen and oxygen atoms in total. The molecule has 0 aliphatic heterocycles. The first-order valence-corrected chi connectivity index (χ1v) is 4.17. The average molecular weight is 203 g/mol. The van der Waals surface area contributed by atoms with E-state index in [9.17, 15) is 0 Å². The lowest BCUT2D eigenvalue weighted by Gasteiger charge is -2.16. The minimum absolute atomic E-state index is 0.154. The van der Waals surface area contributed by atoms with Gasteiger partial charge in [0.15, 0.2) is 5.82 Å². The van der Waals surface area contributed by atoms with Crippen LogP contribution >= 0.6 is 11.6 Å². The fourth-order valence-electron chi connectivity index (χ4n) is 0.801. The van der Waals surface area contributed by atoms with E-state index in [1.54, 1.807) is 13.3 Å². The summed E-state index contributed by atoms with van der Waals surface area (Å²) in [6, 6.07) is 0. The van der Waals surface area contributed by atoms with Gasteiger partial charge in [0, 0.05) is 20.7 Å². The Hall–Kier alpha value is -0.940. The van der Waals surface area contributed by atoms with E-state index in [0.717, 1.165) is 6.54 Å². The molecule has 0 amide bonds. The van der Waals surface area contributed by atoms with Gasteiger partial charge in [0.05, 0.1) is 12.8 Å². The molecule has 0 bridgehead atoms. The maximum atomic E-state index is 5.58. The van der Waals surface area contributed by atoms with Crippen molar-refractivity contribution in [2.24, 2.45) is 0 Å². The molecule has 1 aromatic rings. The third-order valence-electron chi connectivity index (χ3n) is 1.54. The molecule has 6 heteroatoms. The minimum Gasteiger partial charge on any atom is -0.383 e. The molecule has 0 aliphatic rings. The number of ether oxygens (including phenoxy) is 1. The Bertz CT molecular complexity index is 270. The van der Waals surface area contributed by atoms with Crippen LogP contribution in [0.15, 0.2) is 6.20 Å². The molecule has 0 radical (unpaired) electrons. The molecule has 0 N–H and O–H groups in total. The minimum atomic E-state index is 0.154. The zero-order valence-corrected chi connectivity index (χ0v) is 8.32. The first kappa shape index (κ1) is 10.1. The molecule has 0 saturated heterocycles. The van der Waals surface area contributed by atoms with E-state index in [1.165, 1.54) is 0 Å². The van der Waals surface area contributed by atoms with Gasteiger partial charge in [-0.2, -0.15) is 10.1 Å². The second kappa shape index (κ2) is 4.94. The van der Waals surface area contributed by atoms with Crippen LogP contribution in [-0.2, 0) is 4.74 Å². The van der Waals surface area contributed by atoms with Gasteiger partial charge in [-0.25, -0.2) is 0 Å². The van der Waals surface area contributed by atoms with Crippen LogP contribution in [0, 0.1) is 0 Å². The van der Waals surface area contributed by atoms with Gasteiger partial charge in [-0.05, 0) is 11.6 Å². The Kier molecular flexibility index (Phi) is 3.85. The lowest BCUT2D eigenvalue weighted by Crippen LogP contribution is -2.23. The summed E-state index contributed by atoms with van der Waals surface area (Å²) in [5, 5.41) is 7.39. The molecule has 0 atom stereocenters. The number of hydrogen-bond donors (Lipinski definition) is 0. The van der Waals surface area contributed by atoms with Gasteiger partial charge in [-0.3, -0.25) is 0 Å². The second-order valence-corrected chi connectivity index (χ2v) is 2.84. The van der Waals surface area contributed by atoms with E-state index in [1.807, 2.05) is 11.9 Å². The van der Waals surface area contributed by atoms with Crippen LogP contribution in [0.1, 0.15) is 0 Å². The Morgan fingerprint density at radius 2 is 2.38 bits per heavy atom. The summed E-state index contributed by atoms with van der Waals surface area (Å²) in [5.41, 5.74) is 0. The highest BCUT2D eigenvalue weighted by atomic mass is 35.5. The van der Waals surface area contributed by atoms with Crippen LogP contribution in [0.2, 0.25) is 5.28 Å². The summed E-state index contributed by atoms with van der Waals surface area (Å²) in [4.78, 5) is 5.88. The zero-order chi connectivity index (χ0) is 9.68. The van der Waals surface area contributed by atoms with Crippen molar-refractivity contribution in [1.29, 1.82) is 0 Å². The van der Waals surface area contributed by atoms with Crippen LogP contribution < -0.4 is 4.90 Å². The summed E-state index contributed by atoms with van der Waals surface area (Å²) >= 11 is 5.58. The number of hydrogen-bond acceptors (Lipinski definition) is 5.